The van der Waals surface area contributed by atoms with Crippen molar-refractivity contribution in [3.05, 3.63) is 58.9 Å². The first kappa shape index (κ1) is 20.6. The molecular weight excluding hydrogens is 407 g/mol. The third kappa shape index (κ3) is 5.01. The lowest BCUT2D eigenvalue weighted by atomic mass is 10.2. The Balaban J connectivity index is 1.65. The van der Waals surface area contributed by atoms with E-state index < -0.39 is 15.9 Å². The summed E-state index contributed by atoms with van der Waals surface area (Å²) in [6.07, 6.45) is 1.61. The van der Waals surface area contributed by atoms with Crippen LogP contribution in [-0.2, 0) is 21.4 Å². The van der Waals surface area contributed by atoms with Gasteiger partial charge < -0.3 is 10.1 Å². The average Bonchev–Trinajstić information content (AvgIpc) is 3.22. The minimum atomic E-state index is -3.74. The van der Waals surface area contributed by atoms with Crippen molar-refractivity contribution in [2.24, 2.45) is 0 Å². The molecule has 3 rings (SSSR count). The number of halogens is 2. The van der Waals surface area contributed by atoms with E-state index in [1.165, 1.54) is 34.6 Å². The summed E-state index contributed by atoms with van der Waals surface area (Å²) in [6.45, 7) is 0.756. The summed E-state index contributed by atoms with van der Waals surface area (Å²) in [7, 11) is -3.74. The first-order chi connectivity index (χ1) is 13.4. The molecule has 1 N–H and O–H groups in total. The van der Waals surface area contributed by atoms with Gasteiger partial charge >= 0.3 is 0 Å². The van der Waals surface area contributed by atoms with E-state index >= 15 is 0 Å². The van der Waals surface area contributed by atoms with Crippen LogP contribution in [0, 0.1) is 5.82 Å². The Morgan fingerprint density at radius 3 is 2.50 bits per heavy atom. The molecule has 0 saturated carbocycles. The van der Waals surface area contributed by atoms with Gasteiger partial charge in [0.05, 0.1) is 0 Å². The molecule has 0 spiro atoms. The maximum absolute atomic E-state index is 12.9. The summed E-state index contributed by atoms with van der Waals surface area (Å²) < 4.78 is 45.5. The van der Waals surface area contributed by atoms with Gasteiger partial charge in [-0.2, -0.15) is 4.31 Å². The number of amides is 1. The molecule has 2 aromatic rings. The highest BCUT2D eigenvalue weighted by Gasteiger charge is 2.30. The lowest BCUT2D eigenvalue weighted by molar-refractivity contribution is -0.123. The van der Waals surface area contributed by atoms with Crippen molar-refractivity contribution in [2.45, 2.75) is 24.3 Å². The fourth-order valence-corrected chi connectivity index (χ4v) is 4.78. The first-order valence-electron chi connectivity index (χ1n) is 8.80. The maximum atomic E-state index is 12.9. The molecule has 1 aliphatic heterocycles. The lowest BCUT2D eigenvalue weighted by Gasteiger charge is -2.18. The van der Waals surface area contributed by atoms with Crippen LogP contribution in [0.15, 0.2) is 47.4 Å². The summed E-state index contributed by atoms with van der Waals surface area (Å²) >= 11 is 5.98. The monoisotopic (exact) mass is 426 g/mol. The van der Waals surface area contributed by atoms with E-state index in [-0.39, 0.29) is 34.6 Å². The Labute approximate surface area is 168 Å². The van der Waals surface area contributed by atoms with Crippen LogP contribution >= 0.6 is 11.6 Å². The van der Waals surface area contributed by atoms with Gasteiger partial charge in [0.25, 0.3) is 5.91 Å². The molecule has 0 aliphatic carbocycles. The van der Waals surface area contributed by atoms with E-state index in [4.69, 9.17) is 16.3 Å². The Morgan fingerprint density at radius 1 is 1.14 bits per heavy atom. The highest BCUT2D eigenvalue weighted by atomic mass is 35.5. The second-order valence-electron chi connectivity index (χ2n) is 6.39. The molecule has 150 valence electrons. The van der Waals surface area contributed by atoms with Gasteiger partial charge in [0.15, 0.2) is 6.61 Å². The Morgan fingerprint density at radius 2 is 1.82 bits per heavy atom. The molecule has 1 aliphatic rings. The Bertz CT molecular complexity index is 945. The number of rotatable bonds is 7. The number of nitrogens with zero attached hydrogens (tertiary/aromatic N) is 1. The Hall–Kier alpha value is -2.16. The zero-order valence-electron chi connectivity index (χ0n) is 15.0. The van der Waals surface area contributed by atoms with Gasteiger partial charge in [-0.3, -0.25) is 4.79 Å². The van der Waals surface area contributed by atoms with E-state index in [0.29, 0.717) is 13.1 Å². The third-order valence-electron chi connectivity index (χ3n) is 4.35. The number of sulfonamides is 1. The fourth-order valence-electron chi connectivity index (χ4n) is 2.87. The van der Waals surface area contributed by atoms with E-state index in [1.54, 1.807) is 12.1 Å². The quantitative estimate of drug-likeness (QED) is 0.738. The Kier molecular flexibility index (Phi) is 6.53. The van der Waals surface area contributed by atoms with Crippen LogP contribution in [0.1, 0.15) is 18.4 Å². The fraction of sp³-hybridized carbons (Fsp3) is 0.316. The zero-order valence-corrected chi connectivity index (χ0v) is 16.6. The van der Waals surface area contributed by atoms with Crippen molar-refractivity contribution in [2.75, 3.05) is 19.7 Å². The second-order valence-corrected chi connectivity index (χ2v) is 8.74. The molecule has 0 unspecified atom stereocenters. The highest BCUT2D eigenvalue weighted by Crippen LogP contribution is 2.31. The van der Waals surface area contributed by atoms with Gasteiger partial charge in [0.1, 0.15) is 16.5 Å². The van der Waals surface area contributed by atoms with Crippen molar-refractivity contribution in [1.29, 1.82) is 0 Å². The molecule has 1 heterocycles. The normalized spacial score (nSPS) is 14.8. The number of hydrogen-bond acceptors (Lipinski definition) is 4. The van der Waals surface area contributed by atoms with Crippen molar-refractivity contribution in [1.82, 2.24) is 9.62 Å². The lowest BCUT2D eigenvalue weighted by Crippen LogP contribution is -2.30. The molecule has 0 bridgehead atoms. The number of carbonyl (C=O) groups excluding carboxylic acids is 1. The predicted molar refractivity (Wildman–Crippen MR) is 103 cm³/mol. The third-order valence-corrected chi connectivity index (χ3v) is 6.51. The van der Waals surface area contributed by atoms with Crippen LogP contribution in [-0.4, -0.2) is 38.3 Å². The van der Waals surface area contributed by atoms with Gasteiger partial charge in [0, 0.05) is 24.7 Å². The summed E-state index contributed by atoms with van der Waals surface area (Å²) in [4.78, 5) is 12.0. The summed E-state index contributed by atoms with van der Waals surface area (Å²) in [5.74, 6) is -0.704. The number of carbonyl (C=O) groups is 1. The largest absolute Gasteiger partial charge is 0.482 e. The smallest absolute Gasteiger partial charge is 0.258 e. The summed E-state index contributed by atoms with van der Waals surface area (Å²) in [5, 5.41) is 2.91. The van der Waals surface area contributed by atoms with Crippen molar-refractivity contribution < 1.29 is 22.3 Å². The van der Waals surface area contributed by atoms with Gasteiger partial charge in [-0.1, -0.05) is 23.7 Å². The zero-order chi connectivity index (χ0) is 20.1. The molecule has 0 atom stereocenters. The highest BCUT2D eigenvalue weighted by molar-refractivity contribution is 7.89. The number of nitrogens with one attached hydrogen (secondary N) is 1. The standard InChI is InChI=1S/C19H20ClFN2O4S/c20-15-5-8-17(18(11-15)28(25,26)23-9-1-2-10-23)27-13-19(24)22-12-14-3-6-16(21)7-4-14/h3-8,11H,1-2,9-10,12-13H2,(H,22,24). The molecule has 1 fully saturated rings. The van der Waals surface area contributed by atoms with Crippen LogP contribution in [0.3, 0.4) is 0 Å². The van der Waals surface area contributed by atoms with E-state index in [0.717, 1.165) is 18.4 Å². The van der Waals surface area contributed by atoms with Crippen LogP contribution in [0.25, 0.3) is 0 Å². The minimum Gasteiger partial charge on any atom is -0.482 e. The first-order valence-corrected chi connectivity index (χ1v) is 10.6. The van der Waals surface area contributed by atoms with Crippen molar-refractivity contribution in [3.63, 3.8) is 0 Å². The number of benzene rings is 2. The second kappa shape index (κ2) is 8.89. The van der Waals surface area contributed by atoms with Gasteiger partial charge in [-0.25, -0.2) is 12.8 Å². The van der Waals surface area contributed by atoms with E-state index in [2.05, 4.69) is 5.32 Å². The molecule has 1 amide bonds. The molecular formula is C19H20ClFN2O4S. The molecule has 9 heteroatoms. The van der Waals surface area contributed by atoms with Gasteiger partial charge in [-0.05, 0) is 48.7 Å². The summed E-state index contributed by atoms with van der Waals surface area (Å²) in [5.41, 5.74) is 0.735. The van der Waals surface area contributed by atoms with Crippen molar-refractivity contribution in [3.8, 4) is 5.75 Å². The SMILES string of the molecule is O=C(COc1ccc(Cl)cc1S(=O)(=O)N1CCCC1)NCc1ccc(F)cc1. The van der Waals surface area contributed by atoms with Gasteiger partial charge in [0.2, 0.25) is 10.0 Å². The molecule has 0 aromatic heterocycles. The maximum Gasteiger partial charge on any atom is 0.258 e. The average molecular weight is 427 g/mol. The van der Waals surface area contributed by atoms with Crippen molar-refractivity contribution >= 4 is 27.5 Å². The summed E-state index contributed by atoms with van der Waals surface area (Å²) in [6, 6.07) is 10.0. The van der Waals surface area contributed by atoms with Crippen LogP contribution in [0.4, 0.5) is 4.39 Å². The molecule has 6 nitrogen and oxygen atoms in total. The number of hydrogen-bond donors (Lipinski definition) is 1. The van der Waals surface area contributed by atoms with Crippen LogP contribution in [0.5, 0.6) is 5.75 Å². The molecule has 2 aromatic carbocycles. The van der Waals surface area contributed by atoms with E-state index in [9.17, 15) is 17.6 Å². The minimum absolute atomic E-state index is 0.0479. The number of ether oxygens (including phenoxy) is 1. The predicted octanol–water partition coefficient (Wildman–Crippen LogP) is 2.96. The molecule has 1 saturated heterocycles. The van der Waals surface area contributed by atoms with Gasteiger partial charge in [-0.15, -0.1) is 0 Å². The molecule has 0 radical (unpaired) electrons. The van der Waals surface area contributed by atoms with Crippen LogP contribution < -0.4 is 10.1 Å². The van der Waals surface area contributed by atoms with Crippen LogP contribution in [0.2, 0.25) is 5.02 Å². The van der Waals surface area contributed by atoms with E-state index in [1.807, 2.05) is 0 Å². The molecule has 28 heavy (non-hydrogen) atoms. The topological polar surface area (TPSA) is 75.7 Å².